The topological polar surface area (TPSA) is 54.5 Å². The molecule has 1 aliphatic heterocycles. The smallest absolute Gasteiger partial charge is 0.262 e. The number of aromatic nitrogens is 1. The molecule has 1 fully saturated rings. The van der Waals surface area contributed by atoms with E-state index in [0.717, 1.165) is 41.1 Å². The van der Waals surface area contributed by atoms with Crippen LogP contribution in [-0.4, -0.2) is 30.6 Å². The average Bonchev–Trinajstić information content (AvgIpc) is 2.73. The third-order valence-electron chi connectivity index (χ3n) is 5.56. The molecule has 1 aromatic heterocycles. The SMILES string of the molecule is Cc1ccc(NC(=O)COc2cccc3ccc(N4CC(C)CC(C)C4)nc23)cc1. The molecule has 5 nitrogen and oxygen atoms in total. The third-order valence-corrected chi connectivity index (χ3v) is 5.56. The van der Waals surface area contributed by atoms with E-state index in [0.29, 0.717) is 17.6 Å². The van der Waals surface area contributed by atoms with Crippen LogP contribution >= 0.6 is 0 Å². The first-order valence-corrected chi connectivity index (χ1v) is 10.6. The predicted molar refractivity (Wildman–Crippen MR) is 122 cm³/mol. The van der Waals surface area contributed by atoms with Crippen molar-refractivity contribution in [2.45, 2.75) is 27.2 Å². The molecule has 3 aromatic rings. The van der Waals surface area contributed by atoms with Gasteiger partial charge in [0.15, 0.2) is 6.61 Å². The number of nitrogens with zero attached hydrogens (tertiary/aromatic N) is 2. The van der Waals surface area contributed by atoms with Gasteiger partial charge in [-0.2, -0.15) is 0 Å². The summed E-state index contributed by atoms with van der Waals surface area (Å²) in [6.07, 6.45) is 1.26. The Morgan fingerprint density at radius 3 is 2.53 bits per heavy atom. The molecule has 0 aliphatic carbocycles. The molecule has 0 saturated carbocycles. The van der Waals surface area contributed by atoms with Crippen molar-refractivity contribution < 1.29 is 9.53 Å². The first-order valence-electron chi connectivity index (χ1n) is 10.6. The Labute approximate surface area is 178 Å². The molecule has 4 rings (SSSR count). The van der Waals surface area contributed by atoms with Crippen molar-refractivity contribution in [1.29, 1.82) is 0 Å². The second kappa shape index (κ2) is 8.74. The fourth-order valence-corrected chi connectivity index (χ4v) is 4.23. The lowest BCUT2D eigenvalue weighted by Gasteiger charge is -2.35. The van der Waals surface area contributed by atoms with Crippen LogP contribution in [-0.2, 0) is 4.79 Å². The molecular formula is C25H29N3O2. The molecule has 2 aromatic carbocycles. The van der Waals surface area contributed by atoms with Crippen molar-refractivity contribution in [2.75, 3.05) is 29.9 Å². The maximum Gasteiger partial charge on any atom is 0.262 e. The molecule has 156 valence electrons. The molecule has 2 heterocycles. The van der Waals surface area contributed by atoms with Crippen molar-refractivity contribution >= 4 is 28.3 Å². The van der Waals surface area contributed by atoms with Crippen molar-refractivity contribution in [3.8, 4) is 5.75 Å². The highest BCUT2D eigenvalue weighted by molar-refractivity contribution is 5.92. The number of carbonyl (C=O) groups is 1. The van der Waals surface area contributed by atoms with E-state index in [4.69, 9.17) is 9.72 Å². The lowest BCUT2D eigenvalue weighted by molar-refractivity contribution is -0.118. The number of aryl methyl sites for hydroxylation is 1. The molecular weight excluding hydrogens is 374 g/mol. The average molecular weight is 404 g/mol. The molecule has 1 saturated heterocycles. The van der Waals surface area contributed by atoms with Crippen LogP contribution in [0.1, 0.15) is 25.8 Å². The minimum atomic E-state index is -0.189. The summed E-state index contributed by atoms with van der Waals surface area (Å²) >= 11 is 0. The number of pyridine rings is 1. The molecule has 5 heteroatoms. The maximum atomic E-state index is 12.3. The Bertz CT molecular complexity index is 1020. The van der Waals surface area contributed by atoms with E-state index in [-0.39, 0.29) is 12.5 Å². The third kappa shape index (κ3) is 4.73. The highest BCUT2D eigenvalue weighted by Crippen LogP contribution is 2.29. The van der Waals surface area contributed by atoms with Gasteiger partial charge < -0.3 is 15.0 Å². The number of carbonyl (C=O) groups excluding carboxylic acids is 1. The van der Waals surface area contributed by atoms with Crippen LogP contribution in [0.15, 0.2) is 54.6 Å². The zero-order valence-electron chi connectivity index (χ0n) is 17.9. The van der Waals surface area contributed by atoms with Crippen LogP contribution in [0.5, 0.6) is 5.75 Å². The number of fused-ring (bicyclic) bond motifs is 1. The highest BCUT2D eigenvalue weighted by atomic mass is 16.5. The van der Waals surface area contributed by atoms with Gasteiger partial charge in [-0.1, -0.05) is 43.7 Å². The molecule has 1 amide bonds. The summed E-state index contributed by atoms with van der Waals surface area (Å²) < 4.78 is 5.87. The standard InChI is InChI=1S/C25H29N3O2/c1-17-7-10-21(11-8-17)26-24(29)16-30-22-6-4-5-20-9-12-23(27-25(20)22)28-14-18(2)13-19(3)15-28/h4-12,18-19H,13-16H2,1-3H3,(H,26,29). The quantitative estimate of drug-likeness (QED) is 0.648. The fourth-order valence-electron chi connectivity index (χ4n) is 4.23. The van der Waals surface area contributed by atoms with Crippen LogP contribution in [0, 0.1) is 18.8 Å². The monoisotopic (exact) mass is 403 g/mol. The summed E-state index contributed by atoms with van der Waals surface area (Å²) in [4.78, 5) is 19.6. The molecule has 1 aliphatic rings. The number of nitrogens with one attached hydrogen (secondary N) is 1. The summed E-state index contributed by atoms with van der Waals surface area (Å²) in [7, 11) is 0. The maximum absolute atomic E-state index is 12.3. The number of piperidine rings is 1. The second-order valence-corrected chi connectivity index (χ2v) is 8.55. The predicted octanol–water partition coefficient (Wildman–Crippen LogP) is 5.04. The van der Waals surface area contributed by atoms with Crippen LogP contribution in [0.25, 0.3) is 10.9 Å². The summed E-state index contributed by atoms with van der Waals surface area (Å²) in [5.41, 5.74) is 2.71. The van der Waals surface area contributed by atoms with Gasteiger partial charge in [0.05, 0.1) is 0 Å². The fraction of sp³-hybridized carbons (Fsp3) is 0.360. The zero-order chi connectivity index (χ0) is 21.1. The molecule has 0 bridgehead atoms. The number of benzene rings is 2. The van der Waals surface area contributed by atoms with Gasteiger partial charge in [-0.05, 0) is 55.5 Å². The van der Waals surface area contributed by atoms with Crippen LogP contribution in [0.4, 0.5) is 11.5 Å². The normalized spacial score (nSPS) is 19.0. The van der Waals surface area contributed by atoms with E-state index in [2.05, 4.69) is 36.2 Å². The first-order chi connectivity index (χ1) is 14.5. The zero-order valence-corrected chi connectivity index (χ0v) is 17.9. The van der Waals surface area contributed by atoms with Crippen molar-refractivity contribution in [1.82, 2.24) is 4.98 Å². The molecule has 2 unspecified atom stereocenters. The number of amides is 1. The summed E-state index contributed by atoms with van der Waals surface area (Å²) in [6, 6.07) is 17.7. The van der Waals surface area contributed by atoms with Gasteiger partial charge in [-0.25, -0.2) is 4.98 Å². The number of hydrogen-bond donors (Lipinski definition) is 1. The van der Waals surface area contributed by atoms with Gasteiger partial charge >= 0.3 is 0 Å². The van der Waals surface area contributed by atoms with Crippen molar-refractivity contribution in [3.05, 3.63) is 60.2 Å². The lowest BCUT2D eigenvalue weighted by atomic mass is 9.92. The Morgan fingerprint density at radius 1 is 1.07 bits per heavy atom. The van der Waals surface area contributed by atoms with Crippen LogP contribution < -0.4 is 15.0 Å². The lowest BCUT2D eigenvalue weighted by Crippen LogP contribution is -2.39. The van der Waals surface area contributed by atoms with Gasteiger partial charge in [0, 0.05) is 24.2 Å². The summed E-state index contributed by atoms with van der Waals surface area (Å²) in [5, 5.41) is 3.88. The number of para-hydroxylation sites is 1. The highest BCUT2D eigenvalue weighted by Gasteiger charge is 2.23. The Morgan fingerprint density at radius 2 is 1.80 bits per heavy atom. The number of ether oxygens (including phenoxy) is 1. The van der Waals surface area contributed by atoms with Crippen LogP contribution in [0.3, 0.4) is 0 Å². The van der Waals surface area contributed by atoms with Gasteiger partial charge in [0.1, 0.15) is 17.1 Å². The van der Waals surface area contributed by atoms with Gasteiger partial charge in [0.25, 0.3) is 5.91 Å². The largest absolute Gasteiger partial charge is 0.481 e. The molecule has 2 atom stereocenters. The van der Waals surface area contributed by atoms with E-state index >= 15 is 0 Å². The van der Waals surface area contributed by atoms with Gasteiger partial charge in [-0.15, -0.1) is 0 Å². The van der Waals surface area contributed by atoms with E-state index in [9.17, 15) is 4.79 Å². The number of hydrogen-bond acceptors (Lipinski definition) is 4. The minimum absolute atomic E-state index is 0.0588. The van der Waals surface area contributed by atoms with Crippen molar-refractivity contribution in [2.24, 2.45) is 11.8 Å². The molecule has 0 spiro atoms. The Balaban J connectivity index is 1.49. The van der Waals surface area contributed by atoms with Gasteiger partial charge in [-0.3, -0.25) is 4.79 Å². The van der Waals surface area contributed by atoms with E-state index in [1.54, 1.807) is 0 Å². The number of anilines is 2. The second-order valence-electron chi connectivity index (χ2n) is 8.55. The summed E-state index contributed by atoms with van der Waals surface area (Å²) in [6.45, 7) is 8.59. The van der Waals surface area contributed by atoms with E-state index in [1.165, 1.54) is 6.42 Å². The van der Waals surface area contributed by atoms with Gasteiger partial charge in [0.2, 0.25) is 0 Å². The first kappa shape index (κ1) is 20.2. The molecule has 0 radical (unpaired) electrons. The number of rotatable bonds is 5. The molecule has 1 N–H and O–H groups in total. The minimum Gasteiger partial charge on any atom is -0.481 e. The van der Waals surface area contributed by atoms with Crippen molar-refractivity contribution in [3.63, 3.8) is 0 Å². The Kier molecular flexibility index (Phi) is 5.88. The van der Waals surface area contributed by atoms with Crippen LogP contribution in [0.2, 0.25) is 0 Å². The Hall–Kier alpha value is -3.08. The van der Waals surface area contributed by atoms with E-state index < -0.39 is 0 Å². The molecule has 30 heavy (non-hydrogen) atoms. The summed E-state index contributed by atoms with van der Waals surface area (Å²) in [5.74, 6) is 2.73. The van der Waals surface area contributed by atoms with E-state index in [1.807, 2.05) is 49.4 Å².